The number of aryl methyl sites for hydroxylation is 1. The maximum Gasteiger partial charge on any atom is 0.145 e. The molecule has 2 aromatic heterocycles. The van der Waals surface area contributed by atoms with Crippen molar-refractivity contribution in [2.45, 2.75) is 26.2 Å². The number of hydrogen-bond acceptors (Lipinski definition) is 6. The lowest BCUT2D eigenvalue weighted by Crippen LogP contribution is -2.19. The predicted molar refractivity (Wildman–Crippen MR) is 75.0 cm³/mol. The number of nitrogens with two attached hydrogens (primary N) is 1. The Morgan fingerprint density at radius 2 is 1.89 bits per heavy atom. The second-order valence-corrected chi connectivity index (χ2v) is 5.38. The van der Waals surface area contributed by atoms with Gasteiger partial charge in [-0.25, -0.2) is 15.8 Å². The quantitative estimate of drug-likeness (QED) is 0.573. The summed E-state index contributed by atoms with van der Waals surface area (Å²) in [4.78, 5) is 8.86. The molecule has 0 saturated carbocycles. The molecule has 0 aliphatic rings. The van der Waals surface area contributed by atoms with Crippen LogP contribution in [0.5, 0.6) is 0 Å². The third kappa shape index (κ3) is 3.19. The van der Waals surface area contributed by atoms with Gasteiger partial charge in [0.25, 0.3) is 0 Å². The van der Waals surface area contributed by atoms with Gasteiger partial charge in [-0.15, -0.1) is 0 Å². The van der Waals surface area contributed by atoms with E-state index in [-0.39, 0.29) is 5.41 Å². The van der Waals surface area contributed by atoms with Gasteiger partial charge in [0.15, 0.2) is 0 Å². The smallest absolute Gasteiger partial charge is 0.145 e. The number of hydrogen-bond donors (Lipinski definition) is 3. The fraction of sp³-hybridized carbons (Fsp3) is 0.417. The van der Waals surface area contributed by atoms with E-state index in [4.69, 9.17) is 5.84 Å². The summed E-state index contributed by atoms with van der Waals surface area (Å²) in [5.74, 6) is 7.42. The maximum absolute atomic E-state index is 5.44. The van der Waals surface area contributed by atoms with E-state index in [0.29, 0.717) is 17.5 Å². The topological polar surface area (TPSA) is 93.7 Å². The van der Waals surface area contributed by atoms with Crippen LogP contribution in [-0.4, -0.2) is 19.7 Å². The summed E-state index contributed by atoms with van der Waals surface area (Å²) >= 11 is 0. The van der Waals surface area contributed by atoms with Crippen LogP contribution in [0, 0.1) is 0 Å². The van der Waals surface area contributed by atoms with Gasteiger partial charge in [0.2, 0.25) is 0 Å². The first-order valence-electron chi connectivity index (χ1n) is 6.00. The molecule has 0 radical (unpaired) electrons. The molecule has 2 rings (SSSR count). The van der Waals surface area contributed by atoms with E-state index in [1.54, 1.807) is 16.9 Å². The summed E-state index contributed by atoms with van der Waals surface area (Å²) < 4.78 is 1.72. The van der Waals surface area contributed by atoms with Gasteiger partial charge in [-0.3, -0.25) is 4.68 Å². The highest BCUT2D eigenvalue weighted by Crippen LogP contribution is 2.23. The van der Waals surface area contributed by atoms with Gasteiger partial charge < -0.3 is 10.7 Å². The molecule has 0 aromatic carbocycles. The summed E-state index contributed by atoms with van der Waals surface area (Å²) in [6.45, 7) is 6.16. The summed E-state index contributed by atoms with van der Waals surface area (Å²) in [6.07, 6.45) is 3.60. The van der Waals surface area contributed by atoms with Crippen molar-refractivity contribution >= 4 is 17.3 Å². The number of hydrazine groups is 1. The van der Waals surface area contributed by atoms with Gasteiger partial charge in [0.1, 0.15) is 17.5 Å². The third-order valence-electron chi connectivity index (χ3n) is 2.52. The largest absolute Gasteiger partial charge is 0.337 e. The number of nitrogens with one attached hydrogen (secondary N) is 2. The summed E-state index contributed by atoms with van der Waals surface area (Å²) in [7, 11) is 1.86. The minimum Gasteiger partial charge on any atom is -0.337 e. The van der Waals surface area contributed by atoms with Crippen LogP contribution >= 0.6 is 0 Å². The molecule has 0 aliphatic carbocycles. The molecular weight excluding hydrogens is 242 g/mol. The van der Waals surface area contributed by atoms with Crippen LogP contribution in [-0.2, 0) is 12.5 Å². The molecule has 102 valence electrons. The van der Waals surface area contributed by atoms with Gasteiger partial charge >= 0.3 is 0 Å². The lowest BCUT2D eigenvalue weighted by molar-refractivity contribution is 0.547. The number of nitrogen functional groups attached to an aromatic ring is 1. The van der Waals surface area contributed by atoms with Crippen molar-refractivity contribution in [2.75, 3.05) is 10.7 Å². The van der Waals surface area contributed by atoms with Crippen molar-refractivity contribution in [3.63, 3.8) is 0 Å². The average Bonchev–Trinajstić information content (AvgIpc) is 2.73. The molecule has 2 aromatic rings. The molecule has 0 amide bonds. The van der Waals surface area contributed by atoms with Crippen LogP contribution in [0.1, 0.15) is 26.6 Å². The molecule has 0 saturated heterocycles. The number of nitrogens with zero attached hydrogens (tertiary/aromatic N) is 4. The van der Waals surface area contributed by atoms with E-state index in [1.165, 1.54) is 0 Å². The van der Waals surface area contributed by atoms with Crippen molar-refractivity contribution in [2.24, 2.45) is 12.9 Å². The van der Waals surface area contributed by atoms with E-state index in [1.807, 2.05) is 13.2 Å². The van der Waals surface area contributed by atoms with E-state index >= 15 is 0 Å². The van der Waals surface area contributed by atoms with E-state index in [2.05, 4.69) is 46.6 Å². The zero-order valence-electron chi connectivity index (χ0n) is 11.6. The monoisotopic (exact) mass is 261 g/mol. The molecule has 7 heteroatoms. The first kappa shape index (κ1) is 13.3. The SMILES string of the molecule is Cn1cc(Nc2cc(NN)nc(C(C)(C)C)n2)cn1. The highest BCUT2D eigenvalue weighted by atomic mass is 15.3. The Kier molecular flexibility index (Phi) is 3.39. The maximum atomic E-state index is 5.44. The van der Waals surface area contributed by atoms with E-state index in [9.17, 15) is 0 Å². The molecular formula is C12H19N7. The molecule has 4 N–H and O–H groups in total. The highest BCUT2D eigenvalue weighted by Gasteiger charge is 2.19. The van der Waals surface area contributed by atoms with Crippen molar-refractivity contribution in [1.29, 1.82) is 0 Å². The van der Waals surface area contributed by atoms with Gasteiger partial charge in [0, 0.05) is 24.7 Å². The van der Waals surface area contributed by atoms with Crippen LogP contribution in [0.3, 0.4) is 0 Å². The van der Waals surface area contributed by atoms with Gasteiger partial charge in [0.05, 0.1) is 11.9 Å². The second kappa shape index (κ2) is 4.85. The number of rotatable bonds is 3. The van der Waals surface area contributed by atoms with Gasteiger partial charge in [-0.2, -0.15) is 5.10 Å². The van der Waals surface area contributed by atoms with Crippen LogP contribution in [0.4, 0.5) is 17.3 Å². The molecule has 0 aliphatic heterocycles. The van der Waals surface area contributed by atoms with Gasteiger partial charge in [-0.1, -0.05) is 20.8 Å². The van der Waals surface area contributed by atoms with Crippen molar-refractivity contribution in [3.05, 3.63) is 24.3 Å². The van der Waals surface area contributed by atoms with E-state index < -0.39 is 0 Å². The van der Waals surface area contributed by atoms with Crippen LogP contribution < -0.4 is 16.6 Å². The average molecular weight is 261 g/mol. The van der Waals surface area contributed by atoms with Gasteiger partial charge in [-0.05, 0) is 0 Å². The van der Waals surface area contributed by atoms with Crippen molar-refractivity contribution in [3.8, 4) is 0 Å². The molecule has 0 bridgehead atoms. The fourth-order valence-electron chi connectivity index (χ4n) is 1.55. The minimum absolute atomic E-state index is 0.155. The summed E-state index contributed by atoms with van der Waals surface area (Å²) in [5, 5.41) is 7.28. The summed E-state index contributed by atoms with van der Waals surface area (Å²) in [5.41, 5.74) is 3.27. The van der Waals surface area contributed by atoms with Crippen molar-refractivity contribution in [1.82, 2.24) is 19.7 Å². The summed E-state index contributed by atoms with van der Waals surface area (Å²) in [6, 6.07) is 1.75. The van der Waals surface area contributed by atoms with Crippen LogP contribution in [0.15, 0.2) is 18.5 Å². The lowest BCUT2D eigenvalue weighted by atomic mass is 9.96. The zero-order chi connectivity index (χ0) is 14.0. The molecule has 7 nitrogen and oxygen atoms in total. The van der Waals surface area contributed by atoms with Crippen LogP contribution in [0.25, 0.3) is 0 Å². The molecule has 2 heterocycles. The fourth-order valence-corrected chi connectivity index (χ4v) is 1.55. The Hall–Kier alpha value is -2.15. The predicted octanol–water partition coefficient (Wildman–Crippen LogP) is 1.54. The van der Waals surface area contributed by atoms with E-state index in [0.717, 1.165) is 5.69 Å². The Balaban J connectivity index is 2.34. The van der Waals surface area contributed by atoms with Crippen molar-refractivity contribution < 1.29 is 0 Å². The molecule has 0 unspecified atom stereocenters. The minimum atomic E-state index is -0.155. The Labute approximate surface area is 112 Å². The third-order valence-corrected chi connectivity index (χ3v) is 2.52. The molecule has 0 fully saturated rings. The Morgan fingerprint density at radius 1 is 1.21 bits per heavy atom. The lowest BCUT2D eigenvalue weighted by Gasteiger charge is -2.18. The number of anilines is 3. The molecule has 0 spiro atoms. The Bertz CT molecular complexity index is 568. The zero-order valence-corrected chi connectivity index (χ0v) is 11.6. The first-order valence-corrected chi connectivity index (χ1v) is 6.00. The molecule has 0 atom stereocenters. The Morgan fingerprint density at radius 3 is 2.42 bits per heavy atom. The highest BCUT2D eigenvalue weighted by molar-refractivity contribution is 5.57. The standard InChI is InChI=1S/C12H19N7/c1-12(2,3)11-16-9(5-10(17-11)18-13)15-8-6-14-19(4)7-8/h5-7H,13H2,1-4H3,(H2,15,16,17,18). The van der Waals surface area contributed by atoms with Crippen LogP contribution in [0.2, 0.25) is 0 Å². The number of aromatic nitrogens is 4. The first-order chi connectivity index (χ1) is 8.88. The normalized spacial score (nSPS) is 11.4. The molecule has 19 heavy (non-hydrogen) atoms. The second-order valence-electron chi connectivity index (χ2n) is 5.38.